The van der Waals surface area contributed by atoms with Gasteiger partial charge in [0.1, 0.15) is 5.52 Å². The van der Waals surface area contributed by atoms with Crippen LogP contribution >= 0.6 is 11.6 Å². The molecule has 0 unspecified atom stereocenters. The summed E-state index contributed by atoms with van der Waals surface area (Å²) in [5.41, 5.74) is 1.95. The zero-order valence-electron chi connectivity index (χ0n) is 16.4. The standard InChI is InChI=1S/C22H19ClN4O3/c1-13-3-9-16(10-4-13)27-21(29)19-18(25-22(27)30)17(12-26(19)2)20(28)24-11-14-5-7-15(23)8-6-14/h3-10,12H,11H2,1-2H3,(H,24,28)(H,25,30). The van der Waals surface area contributed by atoms with E-state index in [9.17, 15) is 14.4 Å². The molecule has 4 aromatic rings. The first-order valence-electron chi connectivity index (χ1n) is 9.29. The number of aromatic nitrogens is 3. The van der Waals surface area contributed by atoms with Crippen molar-refractivity contribution in [1.29, 1.82) is 0 Å². The molecular formula is C22H19ClN4O3. The average Bonchev–Trinajstić information content (AvgIpc) is 3.05. The number of carbonyl (C=O) groups excluding carboxylic acids is 1. The fourth-order valence-corrected chi connectivity index (χ4v) is 3.48. The predicted octanol–water partition coefficient (Wildman–Crippen LogP) is 2.91. The molecule has 30 heavy (non-hydrogen) atoms. The van der Waals surface area contributed by atoms with Crippen LogP contribution in [-0.4, -0.2) is 20.0 Å². The lowest BCUT2D eigenvalue weighted by atomic mass is 10.2. The van der Waals surface area contributed by atoms with Gasteiger partial charge in [-0.2, -0.15) is 0 Å². The van der Waals surface area contributed by atoms with E-state index in [1.165, 1.54) is 0 Å². The number of amides is 1. The molecule has 152 valence electrons. The Morgan fingerprint density at radius 3 is 2.40 bits per heavy atom. The van der Waals surface area contributed by atoms with Crippen molar-refractivity contribution in [3.63, 3.8) is 0 Å². The summed E-state index contributed by atoms with van der Waals surface area (Å²) in [6.45, 7) is 2.21. The largest absolute Gasteiger partial charge is 0.348 e. The van der Waals surface area contributed by atoms with Crippen molar-refractivity contribution in [2.24, 2.45) is 7.05 Å². The van der Waals surface area contributed by atoms with Crippen molar-refractivity contribution >= 4 is 28.5 Å². The summed E-state index contributed by atoms with van der Waals surface area (Å²) in [7, 11) is 1.66. The van der Waals surface area contributed by atoms with E-state index in [1.807, 2.05) is 31.2 Å². The molecule has 0 spiro atoms. The maximum Gasteiger partial charge on any atom is 0.333 e. The zero-order chi connectivity index (χ0) is 21.4. The molecule has 1 amide bonds. The highest BCUT2D eigenvalue weighted by Gasteiger charge is 2.20. The van der Waals surface area contributed by atoms with Gasteiger partial charge in [-0.15, -0.1) is 0 Å². The molecule has 0 aliphatic carbocycles. The van der Waals surface area contributed by atoms with Crippen molar-refractivity contribution < 1.29 is 4.79 Å². The molecule has 2 aromatic carbocycles. The molecule has 2 N–H and O–H groups in total. The van der Waals surface area contributed by atoms with E-state index in [-0.39, 0.29) is 23.1 Å². The molecule has 4 rings (SSSR count). The van der Waals surface area contributed by atoms with Gasteiger partial charge in [0.15, 0.2) is 0 Å². The number of nitrogens with zero attached hydrogens (tertiary/aromatic N) is 2. The lowest BCUT2D eigenvalue weighted by Crippen LogP contribution is -2.34. The Labute approximate surface area is 176 Å². The van der Waals surface area contributed by atoms with Crippen LogP contribution in [0.25, 0.3) is 16.7 Å². The Kier molecular flexibility index (Phi) is 5.05. The second kappa shape index (κ2) is 7.68. The number of benzene rings is 2. The molecule has 0 bridgehead atoms. The second-order valence-electron chi connectivity index (χ2n) is 7.09. The number of aryl methyl sites for hydroxylation is 2. The van der Waals surface area contributed by atoms with Crippen LogP contribution < -0.4 is 16.6 Å². The Bertz CT molecular complexity index is 1360. The third kappa shape index (κ3) is 3.55. The summed E-state index contributed by atoms with van der Waals surface area (Å²) in [4.78, 5) is 41.2. The highest BCUT2D eigenvalue weighted by atomic mass is 35.5. The number of nitrogens with one attached hydrogen (secondary N) is 2. The second-order valence-corrected chi connectivity index (χ2v) is 7.53. The van der Waals surface area contributed by atoms with Gasteiger partial charge in [0.2, 0.25) is 0 Å². The SMILES string of the molecule is Cc1ccc(-n2c(=O)[nH]c3c(C(=O)NCc4ccc(Cl)cc4)cn(C)c3c2=O)cc1. The molecule has 0 saturated carbocycles. The van der Waals surface area contributed by atoms with E-state index in [0.717, 1.165) is 15.7 Å². The van der Waals surface area contributed by atoms with Gasteiger partial charge in [-0.3, -0.25) is 9.59 Å². The Hall–Kier alpha value is -3.58. The molecule has 0 saturated heterocycles. The molecule has 0 radical (unpaired) electrons. The van der Waals surface area contributed by atoms with Crippen LogP contribution in [-0.2, 0) is 13.6 Å². The summed E-state index contributed by atoms with van der Waals surface area (Å²) in [6.07, 6.45) is 1.54. The van der Waals surface area contributed by atoms with Gasteiger partial charge in [0.05, 0.1) is 16.8 Å². The molecule has 2 aromatic heterocycles. The minimum Gasteiger partial charge on any atom is -0.348 e. The van der Waals surface area contributed by atoms with E-state index in [1.54, 1.807) is 42.1 Å². The molecule has 2 heterocycles. The van der Waals surface area contributed by atoms with E-state index >= 15 is 0 Å². The van der Waals surface area contributed by atoms with Gasteiger partial charge in [0, 0.05) is 24.8 Å². The number of H-pyrrole nitrogens is 1. The fraction of sp³-hybridized carbons (Fsp3) is 0.136. The van der Waals surface area contributed by atoms with E-state index in [4.69, 9.17) is 11.6 Å². The summed E-state index contributed by atoms with van der Waals surface area (Å²) < 4.78 is 2.62. The normalized spacial score (nSPS) is 11.0. The first-order valence-corrected chi connectivity index (χ1v) is 9.67. The molecule has 0 aliphatic rings. The van der Waals surface area contributed by atoms with Gasteiger partial charge in [-0.05, 0) is 36.8 Å². The number of carbonyl (C=O) groups is 1. The topological polar surface area (TPSA) is 88.9 Å². The van der Waals surface area contributed by atoms with E-state index < -0.39 is 17.2 Å². The Morgan fingerprint density at radius 1 is 1.07 bits per heavy atom. The average molecular weight is 423 g/mol. The monoisotopic (exact) mass is 422 g/mol. The molecule has 0 fully saturated rings. The van der Waals surface area contributed by atoms with Crippen LogP contribution in [0, 0.1) is 6.92 Å². The third-order valence-electron chi connectivity index (χ3n) is 4.93. The van der Waals surface area contributed by atoms with Crippen molar-refractivity contribution in [3.05, 3.63) is 97.3 Å². The summed E-state index contributed by atoms with van der Waals surface area (Å²) in [5.74, 6) is -0.390. The maximum absolute atomic E-state index is 13.1. The van der Waals surface area contributed by atoms with E-state index in [0.29, 0.717) is 10.7 Å². The summed E-state index contributed by atoms with van der Waals surface area (Å²) in [5, 5.41) is 3.42. The smallest absolute Gasteiger partial charge is 0.333 e. The van der Waals surface area contributed by atoms with Crippen LogP contribution in [0.4, 0.5) is 0 Å². The lowest BCUT2D eigenvalue weighted by Gasteiger charge is -2.07. The van der Waals surface area contributed by atoms with Crippen LogP contribution in [0.3, 0.4) is 0 Å². The molecule has 7 nitrogen and oxygen atoms in total. The summed E-state index contributed by atoms with van der Waals surface area (Å²) >= 11 is 5.88. The Balaban J connectivity index is 1.73. The highest BCUT2D eigenvalue weighted by molar-refractivity contribution is 6.30. The zero-order valence-corrected chi connectivity index (χ0v) is 17.2. The minimum absolute atomic E-state index is 0.212. The van der Waals surface area contributed by atoms with Crippen molar-refractivity contribution in [3.8, 4) is 5.69 Å². The lowest BCUT2D eigenvalue weighted by molar-refractivity contribution is 0.0952. The minimum atomic E-state index is -0.602. The molecular weight excluding hydrogens is 404 g/mol. The number of aromatic amines is 1. The van der Waals surface area contributed by atoms with Gasteiger partial charge in [-0.1, -0.05) is 41.4 Å². The molecule has 0 atom stereocenters. The fourth-order valence-electron chi connectivity index (χ4n) is 3.35. The third-order valence-corrected chi connectivity index (χ3v) is 5.18. The number of fused-ring (bicyclic) bond motifs is 1. The van der Waals surface area contributed by atoms with Crippen LogP contribution in [0.5, 0.6) is 0 Å². The van der Waals surface area contributed by atoms with E-state index in [2.05, 4.69) is 10.3 Å². The first-order chi connectivity index (χ1) is 14.3. The number of halogens is 1. The van der Waals surface area contributed by atoms with Crippen molar-refractivity contribution in [2.75, 3.05) is 0 Å². The van der Waals surface area contributed by atoms with Gasteiger partial charge in [-0.25, -0.2) is 9.36 Å². The van der Waals surface area contributed by atoms with Gasteiger partial charge in [0.25, 0.3) is 11.5 Å². The van der Waals surface area contributed by atoms with Gasteiger partial charge >= 0.3 is 5.69 Å². The predicted molar refractivity (Wildman–Crippen MR) is 116 cm³/mol. The van der Waals surface area contributed by atoms with Crippen molar-refractivity contribution in [2.45, 2.75) is 13.5 Å². The summed E-state index contributed by atoms with van der Waals surface area (Å²) in [6, 6.07) is 14.2. The number of hydrogen-bond donors (Lipinski definition) is 2. The van der Waals surface area contributed by atoms with Crippen LogP contribution in [0.2, 0.25) is 5.02 Å². The highest BCUT2D eigenvalue weighted by Crippen LogP contribution is 2.16. The quantitative estimate of drug-likeness (QED) is 0.530. The van der Waals surface area contributed by atoms with Crippen LogP contribution in [0.15, 0.2) is 64.3 Å². The Morgan fingerprint density at radius 2 is 1.73 bits per heavy atom. The van der Waals surface area contributed by atoms with Gasteiger partial charge < -0.3 is 14.9 Å². The molecule has 8 heteroatoms. The maximum atomic E-state index is 13.1. The van der Waals surface area contributed by atoms with Crippen molar-refractivity contribution in [1.82, 2.24) is 19.4 Å². The number of rotatable bonds is 4. The number of hydrogen-bond acceptors (Lipinski definition) is 3. The molecule has 0 aliphatic heterocycles. The van der Waals surface area contributed by atoms with Crippen LogP contribution in [0.1, 0.15) is 21.5 Å². The first kappa shape index (κ1) is 19.7.